The van der Waals surface area contributed by atoms with Crippen LogP contribution in [0.3, 0.4) is 0 Å². The number of hydrogen-bond donors (Lipinski definition) is 0. The highest BCUT2D eigenvalue weighted by atomic mass is 15.1. The Balaban J connectivity index is 1.33. The fourth-order valence-electron chi connectivity index (χ4n) is 6.32. The molecule has 1 aromatic heterocycles. The summed E-state index contributed by atoms with van der Waals surface area (Å²) in [6.07, 6.45) is 0. The highest BCUT2D eigenvalue weighted by Gasteiger charge is 2.17. The lowest BCUT2D eigenvalue weighted by Crippen LogP contribution is -2.09. The minimum absolute atomic E-state index is 1.13. The molecule has 42 heavy (non-hydrogen) atoms. The van der Waals surface area contributed by atoms with Crippen LogP contribution in [0.1, 0.15) is 0 Å². The molecule has 0 saturated carbocycles. The number of hydrogen-bond acceptors (Lipinski definition) is 1. The molecule has 0 aliphatic carbocycles. The maximum absolute atomic E-state index is 2.39. The molecule has 8 aromatic rings. The third-order valence-corrected chi connectivity index (χ3v) is 8.16. The molecule has 2 heteroatoms. The van der Waals surface area contributed by atoms with Gasteiger partial charge in [-0.3, -0.25) is 0 Å². The molecule has 0 radical (unpaired) electrons. The van der Waals surface area contributed by atoms with E-state index in [1.54, 1.807) is 0 Å². The summed E-state index contributed by atoms with van der Waals surface area (Å²) >= 11 is 0. The van der Waals surface area contributed by atoms with Crippen LogP contribution in [0.25, 0.3) is 49.4 Å². The quantitative estimate of drug-likeness (QED) is 0.212. The molecular weight excluding hydrogens is 508 g/mol. The van der Waals surface area contributed by atoms with E-state index in [1.165, 1.54) is 49.4 Å². The predicted octanol–water partition coefficient (Wildman–Crippen LogP) is 11.1. The molecule has 8 rings (SSSR count). The Bertz CT molecular complexity index is 2120. The van der Waals surface area contributed by atoms with E-state index in [1.807, 2.05) is 0 Å². The van der Waals surface area contributed by atoms with Gasteiger partial charge >= 0.3 is 0 Å². The van der Waals surface area contributed by atoms with E-state index in [4.69, 9.17) is 0 Å². The molecule has 0 N–H and O–H groups in total. The van der Waals surface area contributed by atoms with Crippen molar-refractivity contribution >= 4 is 49.6 Å². The van der Waals surface area contributed by atoms with E-state index >= 15 is 0 Å². The molecular formula is C40H28N2. The van der Waals surface area contributed by atoms with Gasteiger partial charge in [0.15, 0.2) is 0 Å². The van der Waals surface area contributed by atoms with E-state index in [0.29, 0.717) is 0 Å². The van der Waals surface area contributed by atoms with Crippen LogP contribution >= 0.6 is 0 Å². The Morgan fingerprint density at radius 2 is 0.976 bits per heavy atom. The fourth-order valence-corrected chi connectivity index (χ4v) is 6.32. The van der Waals surface area contributed by atoms with Gasteiger partial charge in [0, 0.05) is 33.5 Å². The van der Waals surface area contributed by atoms with E-state index in [-0.39, 0.29) is 0 Å². The summed E-state index contributed by atoms with van der Waals surface area (Å²) in [6.45, 7) is 0. The van der Waals surface area contributed by atoms with Crippen LogP contribution in [0.2, 0.25) is 0 Å². The SMILES string of the molecule is c1ccc(N(c2ccccc2)c2ccc(-c3cccc4ccc5c(c6ccccc6n5-c5ccccc5)c34)cc2)cc1. The first-order valence-corrected chi connectivity index (χ1v) is 14.4. The first-order valence-electron chi connectivity index (χ1n) is 14.4. The summed E-state index contributed by atoms with van der Waals surface area (Å²) < 4.78 is 2.39. The third kappa shape index (κ3) is 3.96. The van der Waals surface area contributed by atoms with Gasteiger partial charge < -0.3 is 9.47 Å². The Labute approximate surface area is 245 Å². The number of anilines is 3. The average Bonchev–Trinajstić information content (AvgIpc) is 3.41. The van der Waals surface area contributed by atoms with Crippen LogP contribution in [-0.4, -0.2) is 4.57 Å². The van der Waals surface area contributed by atoms with Crippen molar-refractivity contribution in [1.82, 2.24) is 4.57 Å². The second kappa shape index (κ2) is 10.1. The summed E-state index contributed by atoms with van der Waals surface area (Å²) in [6, 6.07) is 60.8. The second-order valence-electron chi connectivity index (χ2n) is 10.6. The van der Waals surface area contributed by atoms with Crippen LogP contribution in [-0.2, 0) is 0 Å². The monoisotopic (exact) mass is 536 g/mol. The third-order valence-electron chi connectivity index (χ3n) is 8.16. The van der Waals surface area contributed by atoms with Gasteiger partial charge in [0.2, 0.25) is 0 Å². The number of aromatic nitrogens is 1. The molecule has 7 aromatic carbocycles. The number of rotatable bonds is 5. The molecule has 0 amide bonds. The van der Waals surface area contributed by atoms with E-state index in [0.717, 1.165) is 17.1 Å². The lowest BCUT2D eigenvalue weighted by atomic mass is 9.94. The zero-order chi connectivity index (χ0) is 27.9. The van der Waals surface area contributed by atoms with Crippen LogP contribution in [0.4, 0.5) is 17.1 Å². The van der Waals surface area contributed by atoms with E-state index < -0.39 is 0 Å². The van der Waals surface area contributed by atoms with Gasteiger partial charge in [0.1, 0.15) is 0 Å². The molecule has 0 aliphatic heterocycles. The standard InChI is InChI=1S/C40H28N2/c1-4-14-31(15-5-1)41(32-16-6-2-7-17-32)34-26-23-29(24-27-34)35-21-12-13-30-25-28-38-40(39(30)35)36-20-10-11-22-37(36)42(38)33-18-8-3-9-19-33/h1-28H. The van der Waals surface area contributed by atoms with Gasteiger partial charge in [-0.2, -0.15) is 0 Å². The fraction of sp³-hybridized carbons (Fsp3) is 0. The molecule has 0 aliphatic rings. The smallest absolute Gasteiger partial charge is 0.0547 e. The molecule has 0 saturated heterocycles. The highest BCUT2D eigenvalue weighted by molar-refractivity contribution is 6.24. The van der Waals surface area contributed by atoms with Gasteiger partial charge in [0.05, 0.1) is 11.0 Å². The molecule has 0 bridgehead atoms. The zero-order valence-electron chi connectivity index (χ0n) is 23.1. The molecule has 0 spiro atoms. The number of fused-ring (bicyclic) bond motifs is 5. The molecule has 0 atom stereocenters. The summed E-state index contributed by atoms with van der Waals surface area (Å²) in [5.41, 5.74) is 9.46. The van der Waals surface area contributed by atoms with Crippen molar-refractivity contribution in [2.45, 2.75) is 0 Å². The molecule has 198 valence electrons. The molecule has 2 nitrogen and oxygen atoms in total. The van der Waals surface area contributed by atoms with Gasteiger partial charge in [-0.05, 0) is 82.6 Å². The van der Waals surface area contributed by atoms with Gasteiger partial charge in [0.25, 0.3) is 0 Å². The maximum atomic E-state index is 2.39. The van der Waals surface area contributed by atoms with Gasteiger partial charge in [-0.15, -0.1) is 0 Å². The molecule has 0 unspecified atom stereocenters. The maximum Gasteiger partial charge on any atom is 0.0547 e. The lowest BCUT2D eigenvalue weighted by Gasteiger charge is -2.25. The average molecular weight is 537 g/mol. The van der Waals surface area contributed by atoms with Crippen molar-refractivity contribution in [1.29, 1.82) is 0 Å². The van der Waals surface area contributed by atoms with Crippen molar-refractivity contribution in [3.63, 3.8) is 0 Å². The Morgan fingerprint density at radius 3 is 1.67 bits per heavy atom. The zero-order valence-corrected chi connectivity index (χ0v) is 23.1. The van der Waals surface area contributed by atoms with Crippen LogP contribution in [0.5, 0.6) is 0 Å². The van der Waals surface area contributed by atoms with Crippen molar-refractivity contribution in [3.8, 4) is 16.8 Å². The normalized spacial score (nSPS) is 11.3. The first kappa shape index (κ1) is 24.2. The van der Waals surface area contributed by atoms with Crippen molar-refractivity contribution in [3.05, 3.63) is 170 Å². The summed E-state index contributed by atoms with van der Waals surface area (Å²) in [5, 5.41) is 5.10. The van der Waals surface area contributed by atoms with Crippen molar-refractivity contribution in [2.24, 2.45) is 0 Å². The molecule has 0 fully saturated rings. The first-order chi connectivity index (χ1) is 20.9. The van der Waals surface area contributed by atoms with Crippen LogP contribution in [0, 0.1) is 0 Å². The van der Waals surface area contributed by atoms with E-state index in [9.17, 15) is 0 Å². The summed E-state index contributed by atoms with van der Waals surface area (Å²) in [4.78, 5) is 2.30. The Morgan fingerprint density at radius 1 is 0.381 bits per heavy atom. The predicted molar refractivity (Wildman–Crippen MR) is 178 cm³/mol. The minimum Gasteiger partial charge on any atom is -0.311 e. The van der Waals surface area contributed by atoms with Crippen molar-refractivity contribution < 1.29 is 0 Å². The highest BCUT2D eigenvalue weighted by Crippen LogP contribution is 2.42. The second-order valence-corrected chi connectivity index (χ2v) is 10.6. The molecule has 1 heterocycles. The van der Waals surface area contributed by atoms with Gasteiger partial charge in [-0.25, -0.2) is 0 Å². The van der Waals surface area contributed by atoms with Crippen molar-refractivity contribution in [2.75, 3.05) is 4.90 Å². The summed E-state index contributed by atoms with van der Waals surface area (Å²) in [5.74, 6) is 0. The number of nitrogens with zero attached hydrogens (tertiary/aromatic N) is 2. The van der Waals surface area contributed by atoms with Crippen LogP contribution < -0.4 is 4.90 Å². The Hall–Kier alpha value is -5.60. The minimum atomic E-state index is 1.13. The summed E-state index contributed by atoms with van der Waals surface area (Å²) in [7, 11) is 0. The number of para-hydroxylation sites is 4. The Kier molecular flexibility index (Phi) is 5.82. The van der Waals surface area contributed by atoms with E-state index in [2.05, 4.69) is 179 Å². The lowest BCUT2D eigenvalue weighted by molar-refractivity contribution is 1.18. The van der Waals surface area contributed by atoms with Crippen LogP contribution in [0.15, 0.2) is 170 Å². The largest absolute Gasteiger partial charge is 0.311 e. The topological polar surface area (TPSA) is 8.17 Å². The van der Waals surface area contributed by atoms with Gasteiger partial charge in [-0.1, -0.05) is 109 Å². The number of benzene rings is 7.